The number of aryl methyl sites for hydroxylation is 1. The number of nitrogens with two attached hydrogens (primary N) is 1. The number of carboxylic acid groups (broad SMARTS) is 1. The number of primary sulfonamides is 1. The van der Waals surface area contributed by atoms with Crippen LogP contribution in [0.3, 0.4) is 0 Å². The van der Waals surface area contributed by atoms with Gasteiger partial charge in [0.1, 0.15) is 12.4 Å². The number of carbonyl (C=O) groups is 1. The quantitative estimate of drug-likeness (QED) is 0.732. The summed E-state index contributed by atoms with van der Waals surface area (Å²) in [6.07, 6.45) is 2.39. The molecule has 0 radical (unpaired) electrons. The third kappa shape index (κ3) is 3.04. The van der Waals surface area contributed by atoms with Gasteiger partial charge >= 0.3 is 5.97 Å². The van der Waals surface area contributed by atoms with E-state index in [9.17, 15) is 13.2 Å². The fraction of sp³-hybridized carbons (Fsp3) is 0.500. The molecule has 0 saturated heterocycles. The van der Waals surface area contributed by atoms with Crippen LogP contribution in [0.15, 0.2) is 11.2 Å². The number of hydrogen-bond donors (Lipinski definition) is 2. The van der Waals surface area contributed by atoms with Gasteiger partial charge in [-0.05, 0) is 6.42 Å². The third-order valence-electron chi connectivity index (χ3n) is 1.91. The second kappa shape index (κ2) is 4.62. The van der Waals surface area contributed by atoms with E-state index in [1.807, 2.05) is 6.92 Å². The van der Waals surface area contributed by atoms with Gasteiger partial charge in [-0.3, -0.25) is 4.79 Å². The largest absolute Gasteiger partial charge is 0.480 e. The molecule has 0 saturated carbocycles. The van der Waals surface area contributed by atoms with Gasteiger partial charge in [0.2, 0.25) is 0 Å². The average Bonchev–Trinajstić information content (AvgIpc) is 2.47. The fourth-order valence-electron chi connectivity index (χ4n) is 1.27. The maximum absolute atomic E-state index is 11.0. The molecule has 1 heterocycles. The molecule has 0 aliphatic rings. The Morgan fingerprint density at radius 2 is 2.25 bits per heavy atom. The molecule has 0 unspecified atom stereocenters. The highest BCUT2D eigenvalue weighted by Gasteiger charge is 2.16. The summed E-state index contributed by atoms with van der Waals surface area (Å²) < 4.78 is 23.4. The summed E-state index contributed by atoms with van der Waals surface area (Å²) in [7, 11) is -3.88. The first-order valence-corrected chi connectivity index (χ1v) is 6.20. The van der Waals surface area contributed by atoms with Crippen LogP contribution in [0.4, 0.5) is 0 Å². The first-order valence-electron chi connectivity index (χ1n) is 4.65. The van der Waals surface area contributed by atoms with E-state index >= 15 is 0 Å². The monoisotopic (exact) mass is 247 g/mol. The Morgan fingerprint density at radius 1 is 1.62 bits per heavy atom. The summed E-state index contributed by atoms with van der Waals surface area (Å²) in [6, 6.07) is 0. The topological polar surface area (TPSA) is 115 Å². The molecule has 0 atom stereocenters. The molecule has 1 aromatic rings. The van der Waals surface area contributed by atoms with Crippen LogP contribution < -0.4 is 5.14 Å². The van der Waals surface area contributed by atoms with Gasteiger partial charge in [-0.15, -0.1) is 0 Å². The van der Waals surface area contributed by atoms with E-state index in [1.165, 1.54) is 4.57 Å². The summed E-state index contributed by atoms with van der Waals surface area (Å²) in [5, 5.41) is 13.3. The molecule has 0 fully saturated rings. The number of aliphatic carboxylic acids is 1. The number of aromatic nitrogens is 2. The van der Waals surface area contributed by atoms with E-state index in [0.717, 1.165) is 12.6 Å². The van der Waals surface area contributed by atoms with Crippen molar-refractivity contribution in [1.29, 1.82) is 0 Å². The van der Waals surface area contributed by atoms with Crippen molar-refractivity contribution in [2.24, 2.45) is 5.14 Å². The van der Waals surface area contributed by atoms with Crippen LogP contribution in [0.2, 0.25) is 0 Å². The molecule has 7 nitrogen and oxygen atoms in total. The predicted octanol–water partition coefficient (Wildman–Crippen LogP) is -0.432. The Morgan fingerprint density at radius 3 is 2.69 bits per heavy atom. The average molecular weight is 247 g/mol. The molecule has 0 spiro atoms. The van der Waals surface area contributed by atoms with Crippen molar-refractivity contribution in [1.82, 2.24) is 9.55 Å². The van der Waals surface area contributed by atoms with Gasteiger partial charge in [0, 0.05) is 12.6 Å². The van der Waals surface area contributed by atoms with Gasteiger partial charge in [-0.25, -0.2) is 18.5 Å². The van der Waals surface area contributed by atoms with E-state index in [-0.39, 0.29) is 11.6 Å². The summed E-state index contributed by atoms with van der Waals surface area (Å²) >= 11 is 0. The van der Waals surface area contributed by atoms with Gasteiger partial charge < -0.3 is 9.67 Å². The zero-order chi connectivity index (χ0) is 12.3. The molecule has 3 N–H and O–H groups in total. The van der Waals surface area contributed by atoms with Crippen molar-refractivity contribution in [2.75, 3.05) is 0 Å². The van der Waals surface area contributed by atoms with Crippen LogP contribution in [0, 0.1) is 0 Å². The summed E-state index contributed by atoms with van der Waals surface area (Å²) in [4.78, 5) is 14.4. The summed E-state index contributed by atoms with van der Waals surface area (Å²) in [6.45, 7) is 1.56. The lowest BCUT2D eigenvalue weighted by atomic mass is 10.3. The summed E-state index contributed by atoms with van der Waals surface area (Å²) in [5.74, 6) is -0.648. The van der Waals surface area contributed by atoms with E-state index in [1.54, 1.807) is 0 Å². The Kier molecular flexibility index (Phi) is 3.66. The van der Waals surface area contributed by atoms with Crippen molar-refractivity contribution in [3.8, 4) is 0 Å². The number of carboxylic acids is 1. The van der Waals surface area contributed by atoms with E-state index in [0.29, 0.717) is 12.2 Å². The number of nitrogens with zero attached hydrogens (tertiary/aromatic N) is 2. The van der Waals surface area contributed by atoms with Crippen molar-refractivity contribution in [3.05, 3.63) is 12.0 Å². The van der Waals surface area contributed by atoms with Crippen LogP contribution in [0.25, 0.3) is 0 Å². The minimum Gasteiger partial charge on any atom is -0.480 e. The summed E-state index contributed by atoms with van der Waals surface area (Å²) in [5.41, 5.74) is 0. The van der Waals surface area contributed by atoms with Crippen LogP contribution in [0.1, 0.15) is 19.2 Å². The van der Waals surface area contributed by atoms with Crippen LogP contribution in [0.5, 0.6) is 0 Å². The Bertz CT molecular complexity index is 491. The van der Waals surface area contributed by atoms with Gasteiger partial charge in [0.15, 0.2) is 5.03 Å². The number of imidazole rings is 1. The van der Waals surface area contributed by atoms with Crippen molar-refractivity contribution in [3.63, 3.8) is 0 Å². The Hall–Kier alpha value is -1.41. The van der Waals surface area contributed by atoms with E-state index in [4.69, 9.17) is 10.2 Å². The highest BCUT2D eigenvalue weighted by Crippen LogP contribution is 2.09. The second-order valence-electron chi connectivity index (χ2n) is 3.31. The minimum atomic E-state index is -3.88. The molecular weight excluding hydrogens is 234 g/mol. The zero-order valence-electron chi connectivity index (χ0n) is 8.75. The lowest BCUT2D eigenvalue weighted by Gasteiger charge is -2.01. The highest BCUT2D eigenvalue weighted by atomic mass is 32.2. The Balaban J connectivity index is 3.14. The normalized spacial score (nSPS) is 11.6. The molecule has 8 heteroatoms. The van der Waals surface area contributed by atoms with Gasteiger partial charge in [-0.1, -0.05) is 6.92 Å². The molecule has 1 rings (SSSR count). The van der Waals surface area contributed by atoms with Crippen LogP contribution >= 0.6 is 0 Å². The van der Waals surface area contributed by atoms with Gasteiger partial charge in [0.25, 0.3) is 10.0 Å². The lowest BCUT2D eigenvalue weighted by Crippen LogP contribution is -2.12. The fourth-order valence-corrected chi connectivity index (χ4v) is 1.78. The first kappa shape index (κ1) is 12.7. The molecular formula is C8H13N3O4S. The first-order chi connectivity index (χ1) is 7.34. The van der Waals surface area contributed by atoms with Gasteiger partial charge in [0.05, 0.1) is 0 Å². The number of rotatable bonds is 5. The minimum absolute atomic E-state index is 0.294. The molecule has 90 valence electrons. The predicted molar refractivity (Wildman–Crippen MR) is 55.2 cm³/mol. The highest BCUT2D eigenvalue weighted by molar-refractivity contribution is 7.89. The number of hydrogen-bond acceptors (Lipinski definition) is 4. The van der Waals surface area contributed by atoms with E-state index < -0.39 is 16.0 Å². The molecule has 0 aromatic carbocycles. The van der Waals surface area contributed by atoms with Crippen molar-refractivity contribution < 1.29 is 18.3 Å². The maximum Gasteiger partial charge on any atom is 0.323 e. The molecule has 16 heavy (non-hydrogen) atoms. The molecule has 0 bridgehead atoms. The molecule has 1 aromatic heterocycles. The third-order valence-corrected chi connectivity index (χ3v) is 2.69. The smallest absolute Gasteiger partial charge is 0.323 e. The lowest BCUT2D eigenvalue weighted by molar-refractivity contribution is -0.137. The van der Waals surface area contributed by atoms with Crippen LogP contribution in [-0.2, 0) is 27.8 Å². The van der Waals surface area contributed by atoms with Crippen molar-refractivity contribution >= 4 is 16.0 Å². The Labute approximate surface area is 93.0 Å². The SMILES string of the molecule is CCCc1nc(S(N)(=O)=O)cn1CC(=O)O. The zero-order valence-corrected chi connectivity index (χ0v) is 9.57. The van der Waals surface area contributed by atoms with E-state index in [2.05, 4.69) is 4.98 Å². The van der Waals surface area contributed by atoms with Crippen molar-refractivity contribution in [2.45, 2.75) is 31.3 Å². The standard InChI is InChI=1S/C8H13N3O4S/c1-2-3-6-10-7(16(9,14)15)4-11(6)5-8(12)13/h4H,2-3,5H2,1H3,(H,12,13)(H2,9,14,15). The molecule has 0 aliphatic carbocycles. The molecule has 0 aliphatic heterocycles. The second-order valence-corrected chi connectivity index (χ2v) is 4.82. The van der Waals surface area contributed by atoms with Gasteiger partial charge in [-0.2, -0.15) is 0 Å². The molecule has 0 amide bonds. The maximum atomic E-state index is 11.0. The number of sulfonamides is 1. The van der Waals surface area contributed by atoms with Crippen LogP contribution in [-0.4, -0.2) is 29.0 Å².